The Morgan fingerprint density at radius 2 is 2.04 bits per heavy atom. The number of para-hydroxylation sites is 1. The first-order valence-electron chi connectivity index (χ1n) is 8.15. The molecule has 0 radical (unpaired) electrons. The summed E-state index contributed by atoms with van der Waals surface area (Å²) in [6, 6.07) is 9.12. The van der Waals surface area contributed by atoms with Gasteiger partial charge in [0.05, 0.1) is 32.1 Å². The SMILES string of the molecule is C[C@H](NCc1cccc2c1OCCCO2)C(=O)NCc1ccco1. The van der Waals surface area contributed by atoms with Gasteiger partial charge in [0.1, 0.15) is 5.76 Å². The normalized spacial score (nSPS) is 14.7. The average Bonchev–Trinajstić information content (AvgIpc) is 3.00. The number of carbonyl (C=O) groups is 1. The summed E-state index contributed by atoms with van der Waals surface area (Å²) in [5, 5.41) is 6.06. The molecule has 0 fully saturated rings. The summed E-state index contributed by atoms with van der Waals surface area (Å²) in [5.74, 6) is 2.19. The molecule has 128 valence electrons. The molecule has 24 heavy (non-hydrogen) atoms. The van der Waals surface area contributed by atoms with Crippen LogP contribution in [-0.2, 0) is 17.9 Å². The predicted octanol–water partition coefficient (Wildman–Crippen LogP) is 2.24. The highest BCUT2D eigenvalue weighted by molar-refractivity contribution is 5.81. The van der Waals surface area contributed by atoms with Crippen molar-refractivity contribution < 1.29 is 18.7 Å². The summed E-state index contributed by atoms with van der Waals surface area (Å²) in [4.78, 5) is 12.1. The zero-order valence-electron chi connectivity index (χ0n) is 13.7. The largest absolute Gasteiger partial charge is 0.490 e. The fourth-order valence-corrected chi connectivity index (χ4v) is 2.49. The van der Waals surface area contributed by atoms with Crippen LogP contribution in [0, 0.1) is 0 Å². The maximum atomic E-state index is 12.1. The van der Waals surface area contributed by atoms with E-state index in [0.717, 1.165) is 29.2 Å². The molecule has 1 aliphatic rings. The van der Waals surface area contributed by atoms with Crippen molar-refractivity contribution in [2.45, 2.75) is 32.5 Å². The van der Waals surface area contributed by atoms with Crippen molar-refractivity contribution in [3.05, 3.63) is 47.9 Å². The topological polar surface area (TPSA) is 72.7 Å². The molecule has 0 unspecified atom stereocenters. The van der Waals surface area contributed by atoms with Crippen molar-refractivity contribution >= 4 is 5.91 Å². The molecule has 0 saturated carbocycles. The number of carbonyl (C=O) groups excluding carboxylic acids is 1. The minimum atomic E-state index is -0.331. The van der Waals surface area contributed by atoms with Gasteiger partial charge in [-0.15, -0.1) is 0 Å². The second kappa shape index (κ2) is 7.88. The summed E-state index contributed by atoms with van der Waals surface area (Å²) in [5.41, 5.74) is 0.986. The minimum Gasteiger partial charge on any atom is -0.490 e. The number of ether oxygens (including phenoxy) is 2. The van der Waals surface area contributed by atoms with Gasteiger partial charge in [-0.05, 0) is 25.1 Å². The summed E-state index contributed by atoms with van der Waals surface area (Å²) >= 11 is 0. The fourth-order valence-electron chi connectivity index (χ4n) is 2.49. The smallest absolute Gasteiger partial charge is 0.237 e. The number of nitrogens with one attached hydrogen (secondary N) is 2. The van der Waals surface area contributed by atoms with Crippen LogP contribution < -0.4 is 20.1 Å². The molecule has 0 bridgehead atoms. The lowest BCUT2D eigenvalue weighted by Crippen LogP contribution is -2.41. The van der Waals surface area contributed by atoms with Crippen LogP contribution >= 0.6 is 0 Å². The van der Waals surface area contributed by atoms with Crippen LogP contribution in [0.1, 0.15) is 24.7 Å². The van der Waals surface area contributed by atoms with Gasteiger partial charge >= 0.3 is 0 Å². The van der Waals surface area contributed by atoms with Crippen molar-refractivity contribution in [1.29, 1.82) is 0 Å². The summed E-state index contributed by atoms with van der Waals surface area (Å²) in [7, 11) is 0. The zero-order valence-corrected chi connectivity index (χ0v) is 13.7. The van der Waals surface area contributed by atoms with E-state index in [2.05, 4.69) is 10.6 Å². The van der Waals surface area contributed by atoms with Crippen molar-refractivity contribution in [3.8, 4) is 11.5 Å². The molecular weight excluding hydrogens is 308 g/mol. The van der Waals surface area contributed by atoms with Gasteiger partial charge in [0.2, 0.25) is 5.91 Å². The number of furan rings is 1. The van der Waals surface area contributed by atoms with Crippen LogP contribution in [0.15, 0.2) is 41.0 Å². The Morgan fingerprint density at radius 3 is 2.88 bits per heavy atom. The van der Waals surface area contributed by atoms with Gasteiger partial charge in [0, 0.05) is 18.5 Å². The highest BCUT2D eigenvalue weighted by atomic mass is 16.5. The molecule has 1 atom stereocenters. The van der Waals surface area contributed by atoms with Gasteiger partial charge in [0.25, 0.3) is 0 Å². The first-order chi connectivity index (χ1) is 11.7. The van der Waals surface area contributed by atoms with Gasteiger partial charge in [0.15, 0.2) is 11.5 Å². The molecule has 0 saturated heterocycles. The highest BCUT2D eigenvalue weighted by Crippen LogP contribution is 2.33. The first kappa shape index (κ1) is 16.4. The number of fused-ring (bicyclic) bond motifs is 1. The van der Waals surface area contributed by atoms with E-state index in [0.29, 0.717) is 26.3 Å². The third kappa shape index (κ3) is 4.08. The Hall–Kier alpha value is -2.47. The predicted molar refractivity (Wildman–Crippen MR) is 88.9 cm³/mol. The van der Waals surface area contributed by atoms with Crippen LogP contribution in [-0.4, -0.2) is 25.2 Å². The Labute approximate surface area is 141 Å². The highest BCUT2D eigenvalue weighted by Gasteiger charge is 2.17. The molecule has 2 aromatic rings. The lowest BCUT2D eigenvalue weighted by atomic mass is 10.1. The maximum Gasteiger partial charge on any atom is 0.237 e. The van der Waals surface area contributed by atoms with E-state index in [9.17, 15) is 4.79 Å². The van der Waals surface area contributed by atoms with Crippen molar-refractivity contribution in [2.24, 2.45) is 0 Å². The van der Waals surface area contributed by atoms with Crippen LogP contribution in [0.4, 0.5) is 0 Å². The molecule has 0 spiro atoms. The zero-order chi connectivity index (χ0) is 16.8. The summed E-state index contributed by atoms with van der Waals surface area (Å²) in [6.07, 6.45) is 2.46. The van der Waals surface area contributed by atoms with Gasteiger partial charge < -0.3 is 24.5 Å². The fraction of sp³-hybridized carbons (Fsp3) is 0.389. The third-order valence-corrected chi connectivity index (χ3v) is 3.86. The van der Waals surface area contributed by atoms with Gasteiger partial charge in [-0.3, -0.25) is 4.79 Å². The van der Waals surface area contributed by atoms with Crippen molar-refractivity contribution in [2.75, 3.05) is 13.2 Å². The molecule has 3 rings (SSSR count). The quantitative estimate of drug-likeness (QED) is 0.850. The standard InChI is InChI=1S/C18H22N2O4/c1-13(18(21)20-12-15-6-3-8-22-15)19-11-14-5-2-7-16-17(14)24-10-4-9-23-16/h2-3,5-8,13,19H,4,9-12H2,1H3,(H,20,21)/t13-/m0/s1. The van der Waals surface area contributed by atoms with Crippen LogP contribution in [0.2, 0.25) is 0 Å². The van der Waals surface area contributed by atoms with Crippen LogP contribution in [0.25, 0.3) is 0 Å². The van der Waals surface area contributed by atoms with E-state index in [4.69, 9.17) is 13.9 Å². The molecule has 6 heteroatoms. The van der Waals surface area contributed by atoms with Crippen molar-refractivity contribution in [1.82, 2.24) is 10.6 Å². The molecule has 1 aliphatic heterocycles. The number of amides is 1. The maximum absolute atomic E-state index is 12.1. The van der Waals surface area contributed by atoms with Gasteiger partial charge in [-0.2, -0.15) is 0 Å². The molecule has 6 nitrogen and oxygen atoms in total. The van der Waals surface area contributed by atoms with E-state index >= 15 is 0 Å². The second-order valence-corrected chi connectivity index (χ2v) is 5.69. The molecule has 2 heterocycles. The first-order valence-corrected chi connectivity index (χ1v) is 8.15. The molecule has 1 aromatic heterocycles. The minimum absolute atomic E-state index is 0.0782. The van der Waals surface area contributed by atoms with Crippen molar-refractivity contribution in [3.63, 3.8) is 0 Å². The second-order valence-electron chi connectivity index (χ2n) is 5.69. The molecular formula is C18H22N2O4. The van der Waals surface area contributed by atoms with Crippen LogP contribution in [0.3, 0.4) is 0 Å². The molecule has 0 aliphatic carbocycles. The number of hydrogen-bond acceptors (Lipinski definition) is 5. The molecule has 2 N–H and O–H groups in total. The molecule has 1 amide bonds. The van der Waals surface area contributed by atoms with E-state index in [-0.39, 0.29) is 11.9 Å². The lowest BCUT2D eigenvalue weighted by Gasteiger charge is -2.16. The average molecular weight is 330 g/mol. The molecule has 1 aromatic carbocycles. The monoisotopic (exact) mass is 330 g/mol. The third-order valence-electron chi connectivity index (χ3n) is 3.86. The number of hydrogen-bond donors (Lipinski definition) is 2. The Kier molecular flexibility index (Phi) is 5.38. The summed E-state index contributed by atoms with van der Waals surface area (Å²) < 4.78 is 16.7. The summed E-state index contributed by atoms with van der Waals surface area (Å²) in [6.45, 7) is 4.05. The van der Waals surface area contributed by atoms with Crippen LogP contribution in [0.5, 0.6) is 11.5 Å². The van der Waals surface area contributed by atoms with E-state index < -0.39 is 0 Å². The van der Waals surface area contributed by atoms with E-state index in [1.165, 1.54) is 0 Å². The Bertz CT molecular complexity index is 670. The number of benzene rings is 1. The van der Waals surface area contributed by atoms with E-state index in [1.54, 1.807) is 12.3 Å². The van der Waals surface area contributed by atoms with E-state index in [1.807, 2.05) is 31.2 Å². The van der Waals surface area contributed by atoms with Gasteiger partial charge in [-0.1, -0.05) is 12.1 Å². The Morgan fingerprint density at radius 1 is 1.17 bits per heavy atom. The lowest BCUT2D eigenvalue weighted by molar-refractivity contribution is -0.123. The van der Waals surface area contributed by atoms with Gasteiger partial charge in [-0.25, -0.2) is 0 Å². The number of rotatable bonds is 6. The Balaban J connectivity index is 1.54.